The van der Waals surface area contributed by atoms with E-state index in [2.05, 4.69) is 44.6 Å². The fourth-order valence-electron chi connectivity index (χ4n) is 2.38. The number of nitrogens with zero attached hydrogens (tertiary/aromatic N) is 3. The molecule has 0 bridgehead atoms. The number of fused-ring (bicyclic) bond motifs is 1. The summed E-state index contributed by atoms with van der Waals surface area (Å²) in [6.45, 7) is 0.700. The highest BCUT2D eigenvalue weighted by Crippen LogP contribution is 2.26. The first-order valence-corrected chi connectivity index (χ1v) is 7.52. The minimum atomic E-state index is 0.450. The van der Waals surface area contributed by atoms with Crippen molar-refractivity contribution in [2.24, 2.45) is 0 Å². The van der Waals surface area contributed by atoms with Gasteiger partial charge in [0.25, 0.3) is 0 Å². The molecule has 2 heterocycles. The molecule has 114 valence electrons. The van der Waals surface area contributed by atoms with Crippen LogP contribution in [0.25, 0.3) is 22.6 Å². The molecule has 0 saturated carbocycles. The van der Waals surface area contributed by atoms with Crippen LogP contribution in [-0.4, -0.2) is 20.6 Å². The summed E-state index contributed by atoms with van der Waals surface area (Å²) in [6, 6.07) is 15.9. The van der Waals surface area contributed by atoms with Crippen molar-refractivity contribution in [3.05, 3.63) is 54.1 Å². The first-order valence-electron chi connectivity index (χ1n) is 7.07. The maximum atomic E-state index is 5.80. The molecule has 2 aromatic heterocycles. The van der Waals surface area contributed by atoms with E-state index in [1.54, 1.807) is 0 Å². The Kier molecular flexibility index (Phi) is 3.47. The van der Waals surface area contributed by atoms with Crippen LogP contribution in [0, 0.1) is 0 Å². The number of H-pyrrole nitrogens is 1. The molecule has 0 unspecified atom stereocenters. The lowest BCUT2D eigenvalue weighted by molar-refractivity contribution is 0.625. The zero-order chi connectivity index (χ0) is 15.6. The molecule has 0 saturated heterocycles. The monoisotopic (exact) mass is 323 g/mol. The van der Waals surface area contributed by atoms with Gasteiger partial charge in [0, 0.05) is 22.5 Å². The molecule has 4 aromatic rings. The van der Waals surface area contributed by atoms with E-state index in [-0.39, 0.29) is 0 Å². The standard InChI is InChI=1S/C16H13N5OS/c23-13-3-1-2-12(8-13)17-9-10-4-5-11-7-15(22-14(11)6-10)16-18-20-21-19-16/h1-8,17,23H,9H2,(H,18,19,20,21). The number of rotatable bonds is 4. The number of hydrogen-bond donors (Lipinski definition) is 3. The fraction of sp³-hybridized carbons (Fsp3) is 0.0625. The van der Waals surface area contributed by atoms with Gasteiger partial charge in [-0.2, -0.15) is 5.21 Å². The molecule has 2 N–H and O–H groups in total. The summed E-state index contributed by atoms with van der Waals surface area (Å²) in [5.41, 5.74) is 2.95. The second-order valence-electron chi connectivity index (χ2n) is 5.12. The third kappa shape index (κ3) is 2.91. The van der Waals surface area contributed by atoms with Gasteiger partial charge in [-0.25, -0.2) is 0 Å². The van der Waals surface area contributed by atoms with E-state index in [0.717, 1.165) is 27.1 Å². The van der Waals surface area contributed by atoms with Gasteiger partial charge in [0.15, 0.2) is 5.76 Å². The molecule has 0 aliphatic rings. The summed E-state index contributed by atoms with van der Waals surface area (Å²) in [4.78, 5) is 0.932. The van der Waals surface area contributed by atoms with Crippen LogP contribution < -0.4 is 5.32 Å². The van der Waals surface area contributed by atoms with E-state index in [0.29, 0.717) is 18.1 Å². The smallest absolute Gasteiger partial charge is 0.239 e. The Labute approximate surface area is 137 Å². The highest BCUT2D eigenvalue weighted by molar-refractivity contribution is 7.80. The highest BCUT2D eigenvalue weighted by Gasteiger charge is 2.10. The van der Waals surface area contributed by atoms with Gasteiger partial charge >= 0.3 is 0 Å². The number of thiol groups is 1. The normalized spacial score (nSPS) is 11.0. The first kappa shape index (κ1) is 13.8. The number of hydrogen-bond acceptors (Lipinski definition) is 6. The van der Waals surface area contributed by atoms with Crippen molar-refractivity contribution < 1.29 is 4.42 Å². The van der Waals surface area contributed by atoms with E-state index in [9.17, 15) is 0 Å². The topological polar surface area (TPSA) is 79.6 Å². The molecular formula is C16H13N5OS. The fourth-order valence-corrected chi connectivity index (χ4v) is 2.61. The Morgan fingerprint density at radius 1 is 1.13 bits per heavy atom. The van der Waals surface area contributed by atoms with Crippen molar-refractivity contribution in [1.82, 2.24) is 20.6 Å². The van der Waals surface area contributed by atoms with Crippen LogP contribution >= 0.6 is 12.6 Å². The molecule has 0 radical (unpaired) electrons. The first-order chi connectivity index (χ1) is 11.3. The molecule has 6 nitrogen and oxygen atoms in total. The summed E-state index contributed by atoms with van der Waals surface area (Å²) < 4.78 is 5.80. The zero-order valence-electron chi connectivity index (χ0n) is 12.0. The van der Waals surface area contributed by atoms with Crippen molar-refractivity contribution in [2.45, 2.75) is 11.4 Å². The second-order valence-corrected chi connectivity index (χ2v) is 5.64. The third-order valence-electron chi connectivity index (χ3n) is 3.49. The van der Waals surface area contributed by atoms with Gasteiger partial charge in [-0.3, -0.25) is 0 Å². The van der Waals surface area contributed by atoms with Gasteiger partial charge in [0.05, 0.1) is 0 Å². The molecule has 0 atom stereocenters. The number of nitrogens with one attached hydrogen (secondary N) is 2. The summed E-state index contributed by atoms with van der Waals surface area (Å²) in [7, 11) is 0. The minimum Gasteiger partial charge on any atom is -0.453 e. The SMILES string of the molecule is Sc1cccc(NCc2ccc3cc(-c4nn[nH]n4)oc3c2)c1. The minimum absolute atomic E-state index is 0.450. The number of benzene rings is 2. The summed E-state index contributed by atoms with van der Waals surface area (Å²) in [5.74, 6) is 1.05. The summed E-state index contributed by atoms with van der Waals surface area (Å²) >= 11 is 4.34. The maximum Gasteiger partial charge on any atom is 0.239 e. The van der Waals surface area contributed by atoms with E-state index in [4.69, 9.17) is 4.42 Å². The Balaban J connectivity index is 1.56. The molecule has 0 aliphatic carbocycles. The van der Waals surface area contributed by atoms with Gasteiger partial charge in [-0.1, -0.05) is 18.2 Å². The largest absolute Gasteiger partial charge is 0.453 e. The molecule has 0 spiro atoms. The summed E-state index contributed by atoms with van der Waals surface area (Å²) in [6.07, 6.45) is 0. The van der Waals surface area contributed by atoms with Gasteiger partial charge in [0.2, 0.25) is 5.82 Å². The summed E-state index contributed by atoms with van der Waals surface area (Å²) in [5, 5.41) is 18.2. The molecule has 0 fully saturated rings. The number of aromatic amines is 1. The van der Waals surface area contributed by atoms with Gasteiger partial charge in [-0.15, -0.1) is 22.8 Å². The van der Waals surface area contributed by atoms with E-state index in [1.807, 2.05) is 42.5 Å². The highest BCUT2D eigenvalue weighted by atomic mass is 32.1. The average molecular weight is 323 g/mol. The average Bonchev–Trinajstić information content (AvgIpc) is 3.21. The quantitative estimate of drug-likeness (QED) is 0.501. The lowest BCUT2D eigenvalue weighted by Gasteiger charge is -2.07. The van der Waals surface area contributed by atoms with Crippen LogP contribution in [-0.2, 0) is 6.54 Å². The molecular weight excluding hydrogens is 310 g/mol. The van der Waals surface area contributed by atoms with Crippen LogP contribution in [0.3, 0.4) is 0 Å². The molecule has 0 aliphatic heterocycles. The van der Waals surface area contributed by atoms with Crippen LogP contribution in [0.15, 0.2) is 57.8 Å². The van der Waals surface area contributed by atoms with Crippen molar-refractivity contribution in [2.75, 3.05) is 5.32 Å². The van der Waals surface area contributed by atoms with Crippen LogP contribution in [0.4, 0.5) is 5.69 Å². The number of aromatic nitrogens is 4. The third-order valence-corrected chi connectivity index (χ3v) is 3.77. The van der Waals surface area contributed by atoms with E-state index < -0.39 is 0 Å². The predicted molar refractivity (Wildman–Crippen MR) is 90.4 cm³/mol. The predicted octanol–water partition coefficient (Wildman–Crippen LogP) is 3.51. The van der Waals surface area contributed by atoms with E-state index in [1.165, 1.54) is 0 Å². The van der Waals surface area contributed by atoms with Gasteiger partial charge in [0.1, 0.15) is 5.58 Å². The number of anilines is 1. The number of tetrazole rings is 1. The van der Waals surface area contributed by atoms with Crippen molar-refractivity contribution in [3.8, 4) is 11.6 Å². The second kappa shape index (κ2) is 5.77. The van der Waals surface area contributed by atoms with Crippen molar-refractivity contribution >= 4 is 29.3 Å². The van der Waals surface area contributed by atoms with Crippen molar-refractivity contribution in [1.29, 1.82) is 0 Å². The van der Waals surface area contributed by atoms with Crippen LogP contribution in [0.1, 0.15) is 5.56 Å². The van der Waals surface area contributed by atoms with Crippen molar-refractivity contribution in [3.63, 3.8) is 0 Å². The maximum absolute atomic E-state index is 5.80. The molecule has 7 heteroatoms. The lowest BCUT2D eigenvalue weighted by atomic mass is 10.1. The van der Waals surface area contributed by atoms with E-state index >= 15 is 0 Å². The molecule has 23 heavy (non-hydrogen) atoms. The zero-order valence-corrected chi connectivity index (χ0v) is 12.9. The van der Waals surface area contributed by atoms with Crippen LogP contribution in [0.2, 0.25) is 0 Å². The Morgan fingerprint density at radius 2 is 2.09 bits per heavy atom. The Morgan fingerprint density at radius 3 is 2.91 bits per heavy atom. The van der Waals surface area contributed by atoms with Crippen LogP contribution in [0.5, 0.6) is 0 Å². The number of furan rings is 1. The molecule has 4 rings (SSSR count). The van der Waals surface area contributed by atoms with Gasteiger partial charge in [-0.05, 0) is 41.1 Å². The van der Waals surface area contributed by atoms with Gasteiger partial charge < -0.3 is 9.73 Å². The Hall–Kier alpha value is -2.80. The lowest BCUT2D eigenvalue weighted by Crippen LogP contribution is -1.98. The Bertz CT molecular complexity index is 948. The molecule has 0 amide bonds. The molecule has 2 aromatic carbocycles.